The minimum Gasteiger partial charge on any atom is -0.480 e. The molecule has 1 N–H and O–H groups in total. The van der Waals surface area contributed by atoms with Gasteiger partial charge in [0.1, 0.15) is 5.25 Å². The Hall–Kier alpha value is -1.49. The van der Waals surface area contributed by atoms with Crippen molar-refractivity contribution >= 4 is 23.6 Å². The lowest BCUT2D eigenvalue weighted by Crippen LogP contribution is -2.33. The van der Waals surface area contributed by atoms with Crippen LogP contribution in [0.15, 0.2) is 29.2 Å². The van der Waals surface area contributed by atoms with Crippen LogP contribution in [-0.2, 0) is 4.79 Å². The number of benzene rings is 1. The predicted molar refractivity (Wildman–Crippen MR) is 76.6 cm³/mol. The van der Waals surface area contributed by atoms with Crippen molar-refractivity contribution in [3.8, 4) is 0 Å². The molecule has 1 unspecified atom stereocenters. The van der Waals surface area contributed by atoms with Gasteiger partial charge in [-0.25, -0.2) is 0 Å². The molecule has 0 fully saturated rings. The van der Waals surface area contributed by atoms with Gasteiger partial charge in [-0.3, -0.25) is 9.59 Å². The summed E-state index contributed by atoms with van der Waals surface area (Å²) in [5.41, 5.74) is 0.553. The second-order valence-corrected chi connectivity index (χ2v) is 5.99. The van der Waals surface area contributed by atoms with Crippen molar-refractivity contribution in [2.75, 3.05) is 7.05 Å². The fourth-order valence-electron chi connectivity index (χ4n) is 1.41. The van der Waals surface area contributed by atoms with E-state index in [1.165, 1.54) is 11.8 Å². The van der Waals surface area contributed by atoms with E-state index in [4.69, 9.17) is 5.11 Å². The number of carboxylic acid groups (broad SMARTS) is 1. The van der Waals surface area contributed by atoms with E-state index in [0.717, 1.165) is 0 Å². The molecule has 1 aromatic rings. The topological polar surface area (TPSA) is 57.6 Å². The molecule has 1 aromatic carbocycles. The zero-order valence-corrected chi connectivity index (χ0v) is 12.4. The highest BCUT2D eigenvalue weighted by molar-refractivity contribution is 8.00. The number of thioether (sulfide) groups is 1. The normalized spacial score (nSPS) is 12.3. The molecule has 0 aliphatic carbocycles. The van der Waals surface area contributed by atoms with Gasteiger partial charge in [0.05, 0.1) is 5.56 Å². The van der Waals surface area contributed by atoms with Gasteiger partial charge in [0.25, 0.3) is 5.91 Å². The van der Waals surface area contributed by atoms with Gasteiger partial charge in [-0.2, -0.15) is 0 Å². The molecular weight excluding hydrogens is 262 g/mol. The number of hydrogen-bond donors (Lipinski definition) is 1. The van der Waals surface area contributed by atoms with E-state index in [9.17, 15) is 9.59 Å². The number of carbonyl (C=O) groups is 2. The first kappa shape index (κ1) is 15.6. The predicted octanol–water partition coefficient (Wildman–Crippen LogP) is 2.73. The molecule has 0 spiro atoms. The molecule has 1 amide bonds. The number of hydrogen-bond acceptors (Lipinski definition) is 3. The number of carbonyl (C=O) groups excluding carboxylic acids is 1. The molecule has 0 saturated heterocycles. The Morgan fingerprint density at radius 1 is 1.21 bits per heavy atom. The molecule has 1 atom stereocenters. The van der Waals surface area contributed by atoms with Gasteiger partial charge in [0, 0.05) is 18.0 Å². The van der Waals surface area contributed by atoms with Crippen LogP contribution in [0.1, 0.15) is 31.1 Å². The Morgan fingerprint density at radius 2 is 1.79 bits per heavy atom. The lowest BCUT2D eigenvalue weighted by atomic mass is 10.2. The van der Waals surface area contributed by atoms with Crippen LogP contribution in [-0.4, -0.2) is 40.2 Å². The van der Waals surface area contributed by atoms with E-state index < -0.39 is 11.2 Å². The van der Waals surface area contributed by atoms with Crippen molar-refractivity contribution in [1.29, 1.82) is 0 Å². The van der Waals surface area contributed by atoms with Gasteiger partial charge in [0.2, 0.25) is 0 Å². The Kier molecular flexibility index (Phi) is 5.42. The minimum atomic E-state index is -0.885. The van der Waals surface area contributed by atoms with Crippen LogP contribution in [0.25, 0.3) is 0 Å². The number of aliphatic carboxylic acids is 1. The van der Waals surface area contributed by atoms with Crippen LogP contribution in [0.5, 0.6) is 0 Å². The molecule has 0 aliphatic heterocycles. The Balaban J connectivity index is 3.02. The van der Waals surface area contributed by atoms with E-state index in [2.05, 4.69) is 0 Å². The second-order valence-electron chi connectivity index (χ2n) is 4.60. The molecule has 5 heteroatoms. The molecule has 19 heavy (non-hydrogen) atoms. The Morgan fingerprint density at radius 3 is 2.32 bits per heavy atom. The quantitative estimate of drug-likeness (QED) is 0.843. The molecule has 0 radical (unpaired) electrons. The minimum absolute atomic E-state index is 0.0873. The van der Waals surface area contributed by atoms with Gasteiger partial charge >= 0.3 is 5.97 Å². The van der Waals surface area contributed by atoms with E-state index in [1.807, 2.05) is 19.9 Å². The summed E-state index contributed by atoms with van der Waals surface area (Å²) in [6, 6.07) is 7.21. The summed E-state index contributed by atoms with van der Waals surface area (Å²) in [5.74, 6) is -0.972. The van der Waals surface area contributed by atoms with Crippen molar-refractivity contribution in [2.24, 2.45) is 0 Å². The van der Waals surface area contributed by atoms with Crippen LogP contribution in [0.2, 0.25) is 0 Å². The van der Waals surface area contributed by atoms with E-state index in [0.29, 0.717) is 10.5 Å². The van der Waals surface area contributed by atoms with Crippen LogP contribution in [0.4, 0.5) is 0 Å². The smallest absolute Gasteiger partial charge is 0.316 e. The van der Waals surface area contributed by atoms with Gasteiger partial charge in [0.15, 0.2) is 0 Å². The largest absolute Gasteiger partial charge is 0.480 e. The maximum Gasteiger partial charge on any atom is 0.316 e. The van der Waals surface area contributed by atoms with Crippen molar-refractivity contribution in [3.63, 3.8) is 0 Å². The third kappa shape index (κ3) is 3.99. The van der Waals surface area contributed by atoms with Crippen molar-refractivity contribution in [1.82, 2.24) is 4.90 Å². The number of amides is 1. The number of nitrogens with zero attached hydrogens (tertiary/aromatic N) is 1. The second kappa shape index (κ2) is 6.61. The fraction of sp³-hybridized carbons (Fsp3) is 0.429. The molecular formula is C14H19NO3S. The average Bonchev–Trinajstić information content (AvgIpc) is 2.37. The number of rotatable bonds is 5. The van der Waals surface area contributed by atoms with Crippen LogP contribution in [0, 0.1) is 0 Å². The highest BCUT2D eigenvalue weighted by Crippen LogP contribution is 2.28. The first-order valence-corrected chi connectivity index (χ1v) is 6.98. The van der Waals surface area contributed by atoms with Crippen LogP contribution in [0.3, 0.4) is 0 Å². The molecule has 0 bridgehead atoms. The van der Waals surface area contributed by atoms with Gasteiger partial charge in [-0.1, -0.05) is 12.1 Å². The van der Waals surface area contributed by atoms with Gasteiger partial charge < -0.3 is 10.0 Å². The third-order valence-electron chi connectivity index (χ3n) is 2.86. The van der Waals surface area contributed by atoms with Crippen LogP contribution >= 0.6 is 11.8 Å². The molecule has 0 aliphatic rings. The summed E-state index contributed by atoms with van der Waals surface area (Å²) in [4.78, 5) is 25.6. The summed E-state index contributed by atoms with van der Waals surface area (Å²) < 4.78 is 0. The summed E-state index contributed by atoms with van der Waals surface area (Å²) in [6.07, 6.45) is 0. The molecule has 0 aromatic heterocycles. The summed E-state index contributed by atoms with van der Waals surface area (Å²) in [5, 5.41) is 8.37. The summed E-state index contributed by atoms with van der Waals surface area (Å²) >= 11 is 1.19. The highest BCUT2D eigenvalue weighted by atomic mass is 32.2. The highest BCUT2D eigenvalue weighted by Gasteiger charge is 2.20. The van der Waals surface area contributed by atoms with Gasteiger partial charge in [-0.15, -0.1) is 11.8 Å². The molecule has 0 heterocycles. The van der Waals surface area contributed by atoms with Crippen molar-refractivity contribution in [3.05, 3.63) is 29.8 Å². The Bertz CT molecular complexity index is 474. The van der Waals surface area contributed by atoms with E-state index in [-0.39, 0.29) is 11.9 Å². The van der Waals surface area contributed by atoms with E-state index >= 15 is 0 Å². The first-order valence-electron chi connectivity index (χ1n) is 6.10. The van der Waals surface area contributed by atoms with Crippen molar-refractivity contribution < 1.29 is 14.7 Å². The summed E-state index contributed by atoms with van der Waals surface area (Å²) in [6.45, 7) is 5.49. The standard InChI is InChI=1S/C14H19NO3S/c1-9(2)15(4)13(16)11-7-5-6-8-12(11)19-10(3)14(17)18/h5-10H,1-4H3,(H,17,18). The zero-order chi connectivity index (χ0) is 14.6. The maximum absolute atomic E-state index is 12.3. The maximum atomic E-state index is 12.3. The molecule has 4 nitrogen and oxygen atoms in total. The fourth-order valence-corrected chi connectivity index (χ4v) is 2.33. The lowest BCUT2D eigenvalue weighted by molar-refractivity contribution is -0.136. The lowest BCUT2D eigenvalue weighted by Gasteiger charge is -2.23. The first-order chi connectivity index (χ1) is 8.84. The zero-order valence-electron chi connectivity index (χ0n) is 11.6. The average molecular weight is 281 g/mol. The summed E-state index contributed by atoms with van der Waals surface area (Å²) in [7, 11) is 1.75. The molecule has 1 rings (SSSR count). The Labute approximate surface area is 117 Å². The number of carboxylic acids is 1. The SMILES string of the molecule is CC(Sc1ccccc1C(=O)N(C)C(C)C)C(=O)O. The van der Waals surface area contributed by atoms with Crippen molar-refractivity contribution in [2.45, 2.75) is 37.0 Å². The molecule has 0 saturated carbocycles. The van der Waals surface area contributed by atoms with Gasteiger partial charge in [-0.05, 0) is 32.9 Å². The van der Waals surface area contributed by atoms with E-state index in [1.54, 1.807) is 37.1 Å². The van der Waals surface area contributed by atoms with Crippen LogP contribution < -0.4 is 0 Å². The monoisotopic (exact) mass is 281 g/mol. The third-order valence-corrected chi connectivity index (χ3v) is 4.03. The molecule has 104 valence electrons.